The van der Waals surface area contributed by atoms with Gasteiger partial charge in [-0.1, -0.05) is 330 Å². The highest BCUT2D eigenvalue weighted by molar-refractivity contribution is 7.47. The third-order valence-corrected chi connectivity index (χ3v) is 18.9. The molecule has 0 saturated heterocycles. The number of carbonyl (C=O) groups is 3. The van der Waals surface area contributed by atoms with Gasteiger partial charge in [-0.15, -0.1) is 0 Å². The lowest BCUT2D eigenvalue weighted by atomic mass is 10.0. The molecule has 0 aliphatic carbocycles. The number of rotatable bonds is 78. The average Bonchev–Trinajstić information content (AvgIpc) is 0.901. The van der Waals surface area contributed by atoms with Crippen LogP contribution in [-0.2, 0) is 55.8 Å². The molecule has 16 nitrogen and oxygen atoms in total. The summed E-state index contributed by atoms with van der Waals surface area (Å²) >= 11 is 0. The van der Waals surface area contributed by atoms with Crippen LogP contribution in [0.1, 0.15) is 303 Å². The van der Waals surface area contributed by atoms with Crippen LogP contribution >= 0.6 is 15.6 Å². The molecule has 0 aliphatic rings. The van der Waals surface area contributed by atoms with Gasteiger partial charge < -0.3 is 34.2 Å². The summed E-state index contributed by atoms with van der Waals surface area (Å²) < 4.78 is 61.2. The molecule has 0 aromatic heterocycles. The average molecular weight is 1590 g/mol. The van der Waals surface area contributed by atoms with E-state index in [1.165, 1.54) is 83.5 Å². The monoisotopic (exact) mass is 1590 g/mol. The van der Waals surface area contributed by atoms with Crippen LogP contribution in [0.4, 0.5) is 0 Å². The van der Waals surface area contributed by atoms with Gasteiger partial charge in [-0.05, 0) is 161 Å². The first-order valence-electron chi connectivity index (χ1n) is 42.4. The summed E-state index contributed by atoms with van der Waals surface area (Å²) in [5.74, 6) is -1.68. The van der Waals surface area contributed by atoms with Crippen molar-refractivity contribution >= 4 is 33.6 Å². The van der Waals surface area contributed by atoms with E-state index >= 15 is 0 Å². The Balaban J connectivity index is 4.55. The first-order valence-corrected chi connectivity index (χ1v) is 45.4. The number of phosphoric ester groups is 2. The lowest BCUT2D eigenvalue weighted by Gasteiger charge is -2.21. The number of aliphatic hydroxyl groups excluding tert-OH is 2. The van der Waals surface area contributed by atoms with Gasteiger partial charge in [-0.3, -0.25) is 32.5 Å². The van der Waals surface area contributed by atoms with E-state index in [1.807, 2.05) is 12.2 Å². The van der Waals surface area contributed by atoms with Crippen molar-refractivity contribution in [3.05, 3.63) is 207 Å². The molecule has 0 aromatic rings. The van der Waals surface area contributed by atoms with Gasteiger partial charge in [0.05, 0.1) is 26.4 Å². The molecule has 5 unspecified atom stereocenters. The third-order valence-electron chi connectivity index (χ3n) is 17.0. The smallest absolute Gasteiger partial charge is 0.463 e. The number of hydrogen-bond donors (Lipinski definition) is 4. The normalized spacial score (nSPS) is 14.9. The van der Waals surface area contributed by atoms with Crippen molar-refractivity contribution < 1.29 is 75.8 Å². The maximum Gasteiger partial charge on any atom is 0.472 e. The molecule has 0 amide bonds. The molecule has 5 atom stereocenters. The second kappa shape index (κ2) is 83.6. The predicted molar refractivity (Wildman–Crippen MR) is 463 cm³/mol. The molecule has 0 aliphatic heterocycles. The van der Waals surface area contributed by atoms with Crippen LogP contribution in [0.3, 0.4) is 0 Å². The van der Waals surface area contributed by atoms with E-state index in [1.54, 1.807) is 0 Å². The summed E-state index contributed by atoms with van der Waals surface area (Å²) in [6.07, 6.45) is 112. The molecule has 0 spiro atoms. The van der Waals surface area contributed by atoms with Gasteiger partial charge in [0.15, 0.2) is 6.10 Å². The van der Waals surface area contributed by atoms with E-state index in [2.05, 4.69) is 215 Å². The van der Waals surface area contributed by atoms with E-state index in [0.717, 1.165) is 154 Å². The first-order chi connectivity index (χ1) is 54.2. The molecule has 0 aromatic carbocycles. The molecular formula is C93H150O16P2. The quantitative estimate of drug-likeness (QED) is 0.0146. The van der Waals surface area contributed by atoms with Crippen LogP contribution in [0, 0.1) is 0 Å². The zero-order valence-electron chi connectivity index (χ0n) is 68.8. The SMILES string of the molecule is CC/C=C\C/C=C\C/C=C\C/C=C\C/C=C\C/C=C\CCCCCCCCCCCCCCCCCCC(=O)OCC(O)COP(=O)(O)OCC(O)COP(=O)(O)OCC(COC(=O)CCCCCC/C=C\C/C=C\C/C=C\C/C=C\C/C=C\C/C=C\CC)OC(=O)CCC/C=C\C/C=C\C/C=C\C/C=C\C/C=C\CC. The fourth-order valence-electron chi connectivity index (χ4n) is 10.7. The topological polar surface area (TPSA) is 231 Å². The molecule has 0 bridgehead atoms. The Kier molecular flexibility index (Phi) is 79.1. The molecule has 628 valence electrons. The minimum Gasteiger partial charge on any atom is -0.463 e. The van der Waals surface area contributed by atoms with Crippen molar-refractivity contribution in [3.63, 3.8) is 0 Å². The van der Waals surface area contributed by atoms with Gasteiger partial charge in [-0.2, -0.15) is 0 Å². The molecule has 111 heavy (non-hydrogen) atoms. The van der Waals surface area contributed by atoms with Gasteiger partial charge in [0.2, 0.25) is 0 Å². The number of carbonyl (C=O) groups excluding carboxylic acids is 3. The van der Waals surface area contributed by atoms with Crippen LogP contribution in [0.5, 0.6) is 0 Å². The fourth-order valence-corrected chi connectivity index (χ4v) is 12.3. The second-order valence-corrected chi connectivity index (χ2v) is 30.4. The molecule has 0 fully saturated rings. The van der Waals surface area contributed by atoms with Crippen molar-refractivity contribution in [2.45, 2.75) is 322 Å². The highest BCUT2D eigenvalue weighted by Crippen LogP contribution is 2.45. The zero-order chi connectivity index (χ0) is 80.8. The molecule has 18 heteroatoms. The highest BCUT2D eigenvalue weighted by atomic mass is 31.2. The van der Waals surface area contributed by atoms with Gasteiger partial charge in [0.25, 0.3) is 0 Å². The molecular weight excluding hydrogens is 1430 g/mol. The molecule has 0 heterocycles. The van der Waals surface area contributed by atoms with E-state index < -0.39 is 91.5 Å². The Morgan fingerprint density at radius 2 is 0.459 bits per heavy atom. The Morgan fingerprint density at radius 3 is 0.739 bits per heavy atom. The first kappa shape index (κ1) is 105. The summed E-state index contributed by atoms with van der Waals surface area (Å²) in [4.78, 5) is 58.7. The molecule has 4 N–H and O–H groups in total. The van der Waals surface area contributed by atoms with Crippen LogP contribution in [0.15, 0.2) is 207 Å². The number of ether oxygens (including phenoxy) is 3. The number of aliphatic hydroxyl groups is 2. The summed E-state index contributed by atoms with van der Waals surface area (Å²) in [5, 5.41) is 20.7. The van der Waals surface area contributed by atoms with Gasteiger partial charge in [0.1, 0.15) is 25.4 Å². The molecule has 0 saturated carbocycles. The van der Waals surface area contributed by atoms with Crippen molar-refractivity contribution in [2.24, 2.45) is 0 Å². The predicted octanol–water partition coefficient (Wildman–Crippen LogP) is 25.7. The molecule has 0 rings (SSSR count). The standard InChI is InChI=1S/C93H150O16P2/c1-4-7-10-13-16-19-22-25-28-31-33-35-37-38-39-40-41-42-43-44-45-46-47-48-50-52-53-56-58-61-64-67-70-73-76-79-91(96)103-82-88(94)83-105-110(99,100)106-84-89(95)85-107-111(101,102)108-87-90(109-93(98)81-78-75-72-69-66-63-60-55-30-27-24-21-18-15-12-9-6-3)86-104-92(97)80-77-74-71-68-65-62-59-57-54-51-49-36-34-32-29-26-23-20-17-14-11-8-5-2/h7-12,16-21,25-30,33-36,38-39,41-42,51,54,59-60,62-63,69,72,88-90,94-95H,4-6,13-15,22-24,31-32,37,40,43-50,52-53,55-58,61,64-68,70-71,73-87H2,1-3H3,(H,99,100)(H,101,102)/b10-7-,11-8-,12-9-,19-16-,20-17-,21-18-,28-25-,29-26-,30-27-,35-33-,36-34-,39-38-,42-41-,54-51-,62-59-,63-60-,72-69-. The van der Waals surface area contributed by atoms with Crippen LogP contribution < -0.4 is 0 Å². The Labute approximate surface area is 673 Å². The van der Waals surface area contributed by atoms with E-state index in [4.69, 9.17) is 32.3 Å². The summed E-state index contributed by atoms with van der Waals surface area (Å²) in [6.45, 7) is 2.23. The van der Waals surface area contributed by atoms with Crippen molar-refractivity contribution in [2.75, 3.05) is 39.6 Å². The minimum absolute atomic E-state index is 0.0124. The largest absolute Gasteiger partial charge is 0.472 e. The van der Waals surface area contributed by atoms with Crippen LogP contribution in [0.25, 0.3) is 0 Å². The van der Waals surface area contributed by atoms with Crippen LogP contribution in [0.2, 0.25) is 0 Å². The Bertz CT molecular complexity index is 2850. The Morgan fingerprint density at radius 1 is 0.252 bits per heavy atom. The van der Waals surface area contributed by atoms with Gasteiger partial charge in [0, 0.05) is 19.3 Å². The summed E-state index contributed by atoms with van der Waals surface area (Å²) in [5.41, 5.74) is 0. The zero-order valence-corrected chi connectivity index (χ0v) is 70.6. The number of esters is 3. The third kappa shape index (κ3) is 84.9. The molecule has 0 radical (unpaired) electrons. The maximum atomic E-state index is 13.0. The highest BCUT2D eigenvalue weighted by Gasteiger charge is 2.29. The van der Waals surface area contributed by atoms with Crippen molar-refractivity contribution in [1.29, 1.82) is 0 Å². The van der Waals surface area contributed by atoms with E-state index in [9.17, 15) is 43.5 Å². The summed E-state index contributed by atoms with van der Waals surface area (Å²) in [6, 6.07) is 0. The van der Waals surface area contributed by atoms with E-state index in [-0.39, 0.29) is 19.3 Å². The van der Waals surface area contributed by atoms with Gasteiger partial charge >= 0.3 is 33.6 Å². The lowest BCUT2D eigenvalue weighted by molar-refractivity contribution is -0.161. The van der Waals surface area contributed by atoms with Crippen LogP contribution in [-0.4, -0.2) is 95.9 Å². The number of allylic oxidation sites excluding steroid dienone is 34. The van der Waals surface area contributed by atoms with E-state index in [0.29, 0.717) is 25.7 Å². The number of hydrogen-bond acceptors (Lipinski definition) is 14. The van der Waals surface area contributed by atoms with Crippen molar-refractivity contribution in [1.82, 2.24) is 0 Å². The number of phosphoric acid groups is 2. The lowest BCUT2D eigenvalue weighted by Crippen LogP contribution is -2.30. The van der Waals surface area contributed by atoms with Gasteiger partial charge in [-0.25, -0.2) is 9.13 Å². The fraction of sp³-hybridized carbons (Fsp3) is 0.602. The minimum atomic E-state index is -4.96. The van der Waals surface area contributed by atoms with Crippen molar-refractivity contribution in [3.8, 4) is 0 Å². The second-order valence-electron chi connectivity index (χ2n) is 27.5. The number of unbranched alkanes of at least 4 members (excludes halogenated alkanes) is 21. The Hall–Kier alpha value is -5.87. The summed E-state index contributed by atoms with van der Waals surface area (Å²) in [7, 11) is -9.84. The maximum absolute atomic E-state index is 13.0.